The van der Waals surface area contributed by atoms with Crippen molar-refractivity contribution in [3.63, 3.8) is 0 Å². The maximum atomic E-state index is 4.09. The first-order chi connectivity index (χ1) is 35.5. The second kappa shape index (κ2) is 14.1. The minimum atomic E-state index is 0.0917. The number of nitrogens with one attached hydrogen (secondary N) is 4. The SMILES string of the molecule is C1=C2NC(=Cc3[nH]c(c4cc5cc6ccccc6cc5cc34)C=c3[nH]c(c4cc5cc6ccccc6cc5cc34)=Cc3[nH]c1c1cc4cc5ccccc5cc4cc31)C1C=c3cc4ccccc4cc3=CC21. The molecule has 0 radical (unpaired) electrons. The number of rotatable bonds is 0. The molecule has 2 aliphatic heterocycles. The Morgan fingerprint density at radius 2 is 0.528 bits per heavy atom. The van der Waals surface area contributed by atoms with E-state index in [2.05, 4.69) is 239 Å². The molecule has 5 heterocycles. The maximum absolute atomic E-state index is 4.09. The van der Waals surface area contributed by atoms with Crippen LogP contribution in [-0.2, 0) is 0 Å². The van der Waals surface area contributed by atoms with Crippen LogP contribution in [0.25, 0.3) is 144 Å². The fourth-order valence-corrected chi connectivity index (χ4v) is 12.8. The van der Waals surface area contributed by atoms with Crippen LogP contribution in [0.3, 0.4) is 0 Å². The van der Waals surface area contributed by atoms with Crippen molar-refractivity contribution in [1.29, 1.82) is 0 Å². The average molecular weight is 915 g/mol. The monoisotopic (exact) mass is 914 g/mol. The molecule has 2 unspecified atom stereocenters. The fraction of sp³-hybridized carbons (Fsp3) is 0.0294. The third-order valence-electron chi connectivity index (χ3n) is 16.3. The number of hydrogen-bond donors (Lipinski definition) is 4. The van der Waals surface area contributed by atoms with E-state index in [1.165, 1.54) is 130 Å². The van der Waals surface area contributed by atoms with Gasteiger partial charge in [0.25, 0.3) is 0 Å². The molecule has 14 aromatic rings. The van der Waals surface area contributed by atoms with Crippen LogP contribution in [0.2, 0.25) is 0 Å². The van der Waals surface area contributed by atoms with Crippen LogP contribution in [0.5, 0.6) is 0 Å². The van der Waals surface area contributed by atoms with Crippen LogP contribution in [0.15, 0.2) is 193 Å². The fourth-order valence-electron chi connectivity index (χ4n) is 12.8. The average Bonchev–Trinajstić information content (AvgIpc) is 4.12. The van der Waals surface area contributed by atoms with Gasteiger partial charge in [0.2, 0.25) is 0 Å². The first-order valence-corrected chi connectivity index (χ1v) is 25.1. The largest absolute Gasteiger partial charge is 0.361 e. The zero-order valence-corrected chi connectivity index (χ0v) is 38.9. The maximum Gasteiger partial charge on any atom is 0.0486 e. The van der Waals surface area contributed by atoms with Crippen molar-refractivity contribution < 1.29 is 0 Å². The van der Waals surface area contributed by atoms with E-state index in [-0.39, 0.29) is 11.8 Å². The number of hydrogen-bond acceptors (Lipinski definition) is 1. The summed E-state index contributed by atoms with van der Waals surface area (Å²) in [5, 5.41) is 33.2. The predicted molar refractivity (Wildman–Crippen MR) is 305 cm³/mol. The van der Waals surface area contributed by atoms with Crippen LogP contribution in [0, 0.1) is 11.8 Å². The predicted octanol–water partition coefficient (Wildman–Crippen LogP) is 13.7. The molecule has 4 N–H and O–H groups in total. The molecule has 0 amide bonds. The molecule has 334 valence electrons. The lowest BCUT2D eigenvalue weighted by molar-refractivity contribution is 0.737. The lowest BCUT2D eigenvalue weighted by Gasteiger charge is -2.17. The van der Waals surface area contributed by atoms with Crippen LogP contribution in [-0.4, -0.2) is 15.0 Å². The summed E-state index contributed by atoms with van der Waals surface area (Å²) in [7, 11) is 0. The Morgan fingerprint density at radius 1 is 0.250 bits per heavy atom. The van der Waals surface area contributed by atoms with Gasteiger partial charge >= 0.3 is 0 Å². The lowest BCUT2D eigenvalue weighted by Crippen LogP contribution is -2.31. The van der Waals surface area contributed by atoms with Crippen LogP contribution >= 0.6 is 0 Å². The number of benzene rings is 11. The summed E-state index contributed by atoms with van der Waals surface area (Å²) in [6, 6.07) is 68.0. The van der Waals surface area contributed by atoms with Gasteiger partial charge < -0.3 is 20.3 Å². The van der Waals surface area contributed by atoms with Crippen molar-refractivity contribution in [3.05, 3.63) is 237 Å². The van der Waals surface area contributed by atoms with E-state index >= 15 is 0 Å². The van der Waals surface area contributed by atoms with Gasteiger partial charge in [-0.1, -0.05) is 109 Å². The first kappa shape index (κ1) is 38.5. The zero-order chi connectivity index (χ0) is 46.8. The summed E-state index contributed by atoms with van der Waals surface area (Å²) in [5.41, 5.74) is 6.66. The summed E-state index contributed by atoms with van der Waals surface area (Å²) in [6.07, 6.45) is 14.5. The van der Waals surface area contributed by atoms with Crippen molar-refractivity contribution in [2.24, 2.45) is 11.8 Å². The van der Waals surface area contributed by atoms with E-state index in [4.69, 9.17) is 0 Å². The third-order valence-corrected chi connectivity index (χ3v) is 16.3. The van der Waals surface area contributed by atoms with Crippen molar-refractivity contribution in [2.75, 3.05) is 0 Å². The summed E-state index contributed by atoms with van der Waals surface area (Å²) < 4.78 is 0. The number of aromatic amines is 3. The molecule has 3 aromatic heterocycles. The zero-order valence-electron chi connectivity index (χ0n) is 38.9. The smallest absolute Gasteiger partial charge is 0.0486 e. The molecular formula is C68H42N4. The Hall–Kier alpha value is -9.38. The molecule has 0 saturated carbocycles. The van der Waals surface area contributed by atoms with Crippen LogP contribution < -0.4 is 26.5 Å². The Morgan fingerprint density at radius 3 is 0.847 bits per heavy atom. The van der Waals surface area contributed by atoms with E-state index < -0.39 is 0 Å². The highest BCUT2D eigenvalue weighted by Crippen LogP contribution is 2.42. The second-order valence-corrected chi connectivity index (χ2v) is 20.5. The topological polar surface area (TPSA) is 59.4 Å². The molecule has 0 spiro atoms. The summed E-state index contributed by atoms with van der Waals surface area (Å²) >= 11 is 0. The normalized spacial score (nSPS) is 16.2. The van der Waals surface area contributed by atoms with E-state index in [1.54, 1.807) is 0 Å². The number of H-pyrrole nitrogens is 3. The Balaban J connectivity index is 1.01. The minimum absolute atomic E-state index is 0.0917. The van der Waals surface area contributed by atoms with Crippen molar-refractivity contribution >= 4 is 144 Å². The number of fused-ring (bicyclic) bond motifs is 28. The Bertz CT molecular complexity index is 4830. The summed E-state index contributed by atoms with van der Waals surface area (Å²) in [6.45, 7) is 0. The molecule has 1 fully saturated rings. The molecule has 72 heavy (non-hydrogen) atoms. The number of allylic oxidation sites excluding steroid dienone is 2. The van der Waals surface area contributed by atoms with Gasteiger partial charge in [-0.2, -0.15) is 0 Å². The van der Waals surface area contributed by atoms with Crippen molar-refractivity contribution in [1.82, 2.24) is 20.3 Å². The molecule has 3 aliphatic rings. The summed E-state index contributed by atoms with van der Waals surface area (Å²) in [5.74, 6) is 0.183. The Kier molecular flexibility index (Phi) is 7.55. The van der Waals surface area contributed by atoms with Gasteiger partial charge in [-0.3, -0.25) is 0 Å². The Labute approximate surface area is 411 Å². The van der Waals surface area contributed by atoms with Gasteiger partial charge in [0.05, 0.1) is 0 Å². The van der Waals surface area contributed by atoms with Gasteiger partial charge in [-0.25, -0.2) is 0 Å². The molecule has 1 saturated heterocycles. The summed E-state index contributed by atoms with van der Waals surface area (Å²) in [4.78, 5) is 12.1. The molecule has 11 aromatic carbocycles. The molecular weight excluding hydrogens is 873 g/mol. The van der Waals surface area contributed by atoms with Crippen molar-refractivity contribution in [3.8, 4) is 0 Å². The lowest BCUT2D eigenvalue weighted by atomic mass is 9.85. The van der Waals surface area contributed by atoms with Crippen LogP contribution in [0.1, 0.15) is 22.8 Å². The molecule has 17 rings (SSSR count). The third kappa shape index (κ3) is 5.69. The van der Waals surface area contributed by atoms with Gasteiger partial charge in [0.15, 0.2) is 0 Å². The highest BCUT2D eigenvalue weighted by atomic mass is 15.0. The van der Waals surface area contributed by atoms with Gasteiger partial charge in [0, 0.05) is 89.0 Å². The standard InChI is InChI=1S/C68H42N4/c1-2-10-38-18-46-26-54-53(25-45(46)17-37(38)9-1)61-33-63-55-27-47-19-39-11-3-4-12-40(39)20-48(47)28-56(55)65(70-63)35-67-59-31-51-23-43-15-7-8-16-44(43)24-52(51)32-60(59)68(72-67)36-66-58-30-50-22-42-14-6-5-13-41(42)21-49(50)29-57(58)64(71-66)34-62(54)69-61/h1-36,53-54,69-72H. The second-order valence-electron chi connectivity index (χ2n) is 20.5. The quantitative estimate of drug-likeness (QED) is 0.113. The van der Waals surface area contributed by atoms with E-state index in [9.17, 15) is 0 Å². The molecule has 8 bridgehead atoms. The molecule has 4 nitrogen and oxygen atoms in total. The van der Waals surface area contributed by atoms with Gasteiger partial charge in [-0.05, 0) is 195 Å². The molecule has 2 atom stereocenters. The van der Waals surface area contributed by atoms with Crippen LogP contribution in [0.4, 0.5) is 0 Å². The van der Waals surface area contributed by atoms with E-state index in [0.717, 1.165) is 33.5 Å². The van der Waals surface area contributed by atoms with Gasteiger partial charge in [0.1, 0.15) is 0 Å². The molecule has 1 aliphatic carbocycles. The van der Waals surface area contributed by atoms with E-state index in [1.807, 2.05) is 0 Å². The van der Waals surface area contributed by atoms with Gasteiger partial charge in [-0.15, -0.1) is 0 Å². The molecule has 4 heteroatoms. The highest BCUT2D eigenvalue weighted by Gasteiger charge is 2.35. The van der Waals surface area contributed by atoms with Crippen molar-refractivity contribution in [2.45, 2.75) is 0 Å². The minimum Gasteiger partial charge on any atom is -0.361 e. The highest BCUT2D eigenvalue weighted by molar-refractivity contribution is 6.12. The first-order valence-electron chi connectivity index (χ1n) is 25.1. The van der Waals surface area contributed by atoms with E-state index in [0.29, 0.717) is 0 Å². The number of aromatic nitrogens is 3.